The van der Waals surface area contributed by atoms with Gasteiger partial charge in [0.25, 0.3) is 5.91 Å². The SMILES string of the molecule is CC(C)NCCNC(=O)c1cccc(OCC(C)(OCCOCS)SSC(C)(C)C)c1. The summed E-state index contributed by atoms with van der Waals surface area (Å²) >= 11 is 4.05. The molecule has 1 aromatic carbocycles. The summed E-state index contributed by atoms with van der Waals surface area (Å²) < 4.78 is 17.5. The first-order chi connectivity index (χ1) is 14.5. The van der Waals surface area contributed by atoms with E-state index < -0.39 is 4.93 Å². The molecule has 0 aromatic heterocycles. The molecule has 9 heteroatoms. The van der Waals surface area contributed by atoms with Crippen LogP contribution in [0.4, 0.5) is 0 Å². The van der Waals surface area contributed by atoms with Crippen molar-refractivity contribution in [3.05, 3.63) is 29.8 Å². The molecular weight excluding hydrogens is 452 g/mol. The fourth-order valence-electron chi connectivity index (χ4n) is 2.26. The maximum Gasteiger partial charge on any atom is 0.251 e. The second kappa shape index (κ2) is 14.5. The number of nitrogens with one attached hydrogen (secondary N) is 2. The first kappa shape index (κ1) is 28.5. The van der Waals surface area contributed by atoms with Crippen molar-refractivity contribution in [3.63, 3.8) is 0 Å². The minimum Gasteiger partial charge on any atom is -0.490 e. The lowest BCUT2D eigenvalue weighted by atomic mass is 10.2. The molecular formula is C22H38N2O4S3. The van der Waals surface area contributed by atoms with Gasteiger partial charge in [-0.05, 0) is 25.1 Å². The van der Waals surface area contributed by atoms with Crippen molar-refractivity contribution < 1.29 is 19.0 Å². The van der Waals surface area contributed by atoms with Crippen LogP contribution in [0, 0.1) is 0 Å². The number of rotatable bonds is 15. The molecule has 0 saturated heterocycles. The lowest BCUT2D eigenvalue weighted by Gasteiger charge is -2.31. The van der Waals surface area contributed by atoms with Gasteiger partial charge in [-0.1, -0.05) is 62.3 Å². The smallest absolute Gasteiger partial charge is 0.251 e. The molecule has 1 amide bonds. The van der Waals surface area contributed by atoms with E-state index in [9.17, 15) is 4.79 Å². The third-order valence-corrected chi connectivity index (χ3v) is 7.92. The van der Waals surface area contributed by atoms with E-state index in [4.69, 9.17) is 14.2 Å². The standard InChI is InChI=1S/C22H38N2O4S3/c1-17(2)23-10-11-24-20(25)18-8-7-9-19(14-18)27-15-22(6,28-13-12-26-16-29)31-30-21(3,4)5/h7-9,14,17,23,29H,10-13,15-16H2,1-6H3,(H,24,25). The van der Waals surface area contributed by atoms with Crippen LogP contribution < -0.4 is 15.4 Å². The molecule has 178 valence electrons. The quantitative estimate of drug-likeness (QED) is 0.144. The summed E-state index contributed by atoms with van der Waals surface area (Å²) in [7, 11) is 3.39. The molecule has 1 rings (SSSR count). The average Bonchev–Trinajstić information content (AvgIpc) is 2.71. The second-order valence-electron chi connectivity index (χ2n) is 8.48. The first-order valence-corrected chi connectivity index (χ1v) is 13.3. The molecule has 1 atom stereocenters. The minimum absolute atomic E-state index is 0.0827. The summed E-state index contributed by atoms with van der Waals surface area (Å²) in [5.74, 6) is 0.885. The zero-order chi connectivity index (χ0) is 23.3. The van der Waals surface area contributed by atoms with Gasteiger partial charge in [0.15, 0.2) is 4.93 Å². The number of hydrogen-bond donors (Lipinski definition) is 3. The Kier molecular flexibility index (Phi) is 13.3. The Hall–Kier alpha value is -0.580. The molecule has 0 saturated carbocycles. The van der Waals surface area contributed by atoms with Crippen LogP contribution in [0.25, 0.3) is 0 Å². The lowest BCUT2D eigenvalue weighted by molar-refractivity contribution is -0.0178. The summed E-state index contributed by atoms with van der Waals surface area (Å²) in [6.45, 7) is 15.2. The molecule has 31 heavy (non-hydrogen) atoms. The van der Waals surface area contributed by atoms with Gasteiger partial charge in [0.05, 0.1) is 19.2 Å². The third kappa shape index (κ3) is 13.5. The first-order valence-electron chi connectivity index (χ1n) is 10.5. The molecule has 1 unspecified atom stereocenters. The Morgan fingerprint density at radius 1 is 1.13 bits per heavy atom. The molecule has 0 heterocycles. The van der Waals surface area contributed by atoms with Crippen LogP contribution in [-0.4, -0.2) is 60.5 Å². The van der Waals surface area contributed by atoms with Crippen LogP contribution in [0.2, 0.25) is 0 Å². The molecule has 0 radical (unpaired) electrons. The van der Waals surface area contributed by atoms with Crippen LogP contribution in [0.5, 0.6) is 5.75 Å². The van der Waals surface area contributed by atoms with E-state index in [2.05, 4.69) is 57.9 Å². The third-order valence-electron chi connectivity index (χ3n) is 3.75. The van der Waals surface area contributed by atoms with E-state index in [0.717, 1.165) is 6.54 Å². The maximum atomic E-state index is 12.4. The summed E-state index contributed by atoms with van der Waals surface area (Å²) in [5, 5.41) is 6.20. The summed E-state index contributed by atoms with van der Waals surface area (Å²) in [4.78, 5) is 11.8. The fraction of sp³-hybridized carbons (Fsp3) is 0.682. The van der Waals surface area contributed by atoms with E-state index >= 15 is 0 Å². The van der Waals surface area contributed by atoms with Gasteiger partial charge in [0.2, 0.25) is 0 Å². The molecule has 2 N–H and O–H groups in total. The lowest BCUT2D eigenvalue weighted by Crippen LogP contribution is -2.34. The van der Waals surface area contributed by atoms with Crippen molar-refractivity contribution in [1.29, 1.82) is 0 Å². The van der Waals surface area contributed by atoms with Crippen molar-refractivity contribution in [2.45, 2.75) is 57.3 Å². The van der Waals surface area contributed by atoms with Crippen molar-refractivity contribution in [2.24, 2.45) is 0 Å². The molecule has 0 aliphatic carbocycles. The summed E-state index contributed by atoms with van der Waals surface area (Å²) in [6, 6.07) is 7.61. The molecule has 0 aliphatic rings. The topological polar surface area (TPSA) is 68.8 Å². The van der Waals surface area contributed by atoms with Gasteiger partial charge in [-0.15, -0.1) is 0 Å². The Balaban J connectivity index is 2.67. The average molecular weight is 491 g/mol. The minimum atomic E-state index is -0.571. The van der Waals surface area contributed by atoms with Crippen molar-refractivity contribution in [2.75, 3.05) is 38.8 Å². The Morgan fingerprint density at radius 2 is 1.87 bits per heavy atom. The van der Waals surface area contributed by atoms with Gasteiger partial charge in [0, 0.05) is 29.4 Å². The Labute approximate surface area is 201 Å². The summed E-state index contributed by atoms with van der Waals surface area (Å²) in [5.41, 5.74) is 0.573. The van der Waals surface area contributed by atoms with Gasteiger partial charge in [-0.2, -0.15) is 12.6 Å². The van der Waals surface area contributed by atoms with Crippen LogP contribution in [-0.2, 0) is 9.47 Å². The van der Waals surface area contributed by atoms with Crippen LogP contribution >= 0.6 is 34.2 Å². The number of carbonyl (C=O) groups is 1. The van der Waals surface area contributed by atoms with Gasteiger partial charge < -0.3 is 24.8 Å². The predicted octanol–water partition coefficient (Wildman–Crippen LogP) is 4.61. The number of carbonyl (C=O) groups excluding carboxylic acids is 1. The number of ether oxygens (including phenoxy) is 3. The largest absolute Gasteiger partial charge is 0.490 e. The normalized spacial score (nSPS) is 13.8. The highest BCUT2D eigenvalue weighted by atomic mass is 33.1. The zero-order valence-corrected chi connectivity index (χ0v) is 22.1. The highest BCUT2D eigenvalue weighted by Gasteiger charge is 2.30. The predicted molar refractivity (Wildman–Crippen MR) is 137 cm³/mol. The van der Waals surface area contributed by atoms with Gasteiger partial charge in [-0.25, -0.2) is 0 Å². The number of hydrogen-bond acceptors (Lipinski definition) is 8. The Bertz CT molecular complexity index is 656. The van der Waals surface area contributed by atoms with E-state index in [1.54, 1.807) is 33.7 Å². The number of thiol groups is 1. The zero-order valence-electron chi connectivity index (χ0n) is 19.5. The number of benzene rings is 1. The highest BCUT2D eigenvalue weighted by molar-refractivity contribution is 8.77. The van der Waals surface area contributed by atoms with Gasteiger partial charge >= 0.3 is 0 Å². The highest BCUT2D eigenvalue weighted by Crippen LogP contribution is 2.44. The molecule has 1 aromatic rings. The van der Waals surface area contributed by atoms with Crippen LogP contribution in [0.1, 0.15) is 51.9 Å². The van der Waals surface area contributed by atoms with Crippen molar-refractivity contribution in [3.8, 4) is 5.75 Å². The van der Waals surface area contributed by atoms with Gasteiger partial charge in [-0.3, -0.25) is 4.79 Å². The van der Waals surface area contributed by atoms with Crippen LogP contribution in [0.15, 0.2) is 24.3 Å². The van der Waals surface area contributed by atoms with Crippen molar-refractivity contribution >= 4 is 40.1 Å². The monoisotopic (exact) mass is 490 g/mol. The number of amides is 1. The molecule has 0 fully saturated rings. The maximum absolute atomic E-state index is 12.4. The Morgan fingerprint density at radius 3 is 2.52 bits per heavy atom. The molecule has 0 spiro atoms. The van der Waals surface area contributed by atoms with Crippen LogP contribution in [0.3, 0.4) is 0 Å². The fourth-order valence-corrected chi connectivity index (χ4v) is 4.63. The van der Waals surface area contributed by atoms with E-state index in [0.29, 0.717) is 49.7 Å². The second-order valence-corrected chi connectivity index (χ2v) is 12.2. The molecule has 0 bridgehead atoms. The van der Waals surface area contributed by atoms with E-state index in [1.165, 1.54) is 0 Å². The summed E-state index contributed by atoms with van der Waals surface area (Å²) in [6.07, 6.45) is 0. The van der Waals surface area contributed by atoms with E-state index in [-0.39, 0.29) is 10.7 Å². The van der Waals surface area contributed by atoms with E-state index in [1.807, 2.05) is 19.1 Å². The molecule has 6 nitrogen and oxygen atoms in total. The van der Waals surface area contributed by atoms with Crippen molar-refractivity contribution in [1.82, 2.24) is 10.6 Å². The molecule has 0 aliphatic heterocycles. The van der Waals surface area contributed by atoms with Gasteiger partial charge in [0.1, 0.15) is 12.4 Å².